The maximum atomic E-state index is 13.0. The molecular formula is C23H24Cl2N4O4. The average molecular weight is 491 g/mol. The zero-order chi connectivity index (χ0) is 24.3. The summed E-state index contributed by atoms with van der Waals surface area (Å²) in [5, 5.41) is 5.83. The third-order valence-corrected chi connectivity index (χ3v) is 6.28. The number of halogens is 2. The first-order valence-corrected chi connectivity index (χ1v) is 11.1. The summed E-state index contributed by atoms with van der Waals surface area (Å²) in [4.78, 5) is 52.9. The third-order valence-electron chi connectivity index (χ3n) is 5.54. The zero-order valence-corrected chi connectivity index (χ0v) is 20.0. The van der Waals surface area contributed by atoms with Crippen molar-refractivity contribution in [2.45, 2.75) is 26.3 Å². The van der Waals surface area contributed by atoms with Crippen LogP contribution in [0.5, 0.6) is 0 Å². The van der Waals surface area contributed by atoms with E-state index < -0.39 is 29.9 Å². The highest BCUT2D eigenvalue weighted by Crippen LogP contribution is 2.33. The number of nitrogens with zero attached hydrogens (tertiary/aromatic N) is 2. The number of rotatable bonds is 7. The summed E-state index contributed by atoms with van der Waals surface area (Å²) in [7, 11) is 0. The fourth-order valence-electron chi connectivity index (χ4n) is 3.58. The van der Waals surface area contributed by atoms with E-state index in [1.807, 2.05) is 13.8 Å². The number of urea groups is 1. The van der Waals surface area contributed by atoms with E-state index >= 15 is 0 Å². The molecule has 0 unspecified atom stereocenters. The van der Waals surface area contributed by atoms with Gasteiger partial charge in [-0.05, 0) is 62.7 Å². The standard InChI is InChI=1S/C23H24Cl2N4O4/c1-4-28(5-2)20(31)14-6-9-16(10-7-14)26-19(30)13-29-21(32)23(3,27-22(29)33)15-8-11-17(24)18(25)12-15/h6-12H,4-5,13H2,1-3H3,(H,26,30)(H,27,33)/t23-/m1/s1. The van der Waals surface area contributed by atoms with E-state index in [1.54, 1.807) is 35.2 Å². The summed E-state index contributed by atoms with van der Waals surface area (Å²) >= 11 is 12.0. The molecule has 2 N–H and O–H groups in total. The van der Waals surface area contributed by atoms with Crippen LogP contribution in [0.25, 0.3) is 0 Å². The van der Waals surface area contributed by atoms with Crippen molar-refractivity contribution in [1.29, 1.82) is 0 Å². The van der Waals surface area contributed by atoms with Crippen LogP contribution in [0.3, 0.4) is 0 Å². The molecule has 5 amide bonds. The Morgan fingerprint density at radius 3 is 2.24 bits per heavy atom. The Morgan fingerprint density at radius 2 is 1.67 bits per heavy atom. The molecule has 2 aromatic carbocycles. The van der Waals surface area contributed by atoms with Gasteiger partial charge in [0.2, 0.25) is 5.91 Å². The highest BCUT2D eigenvalue weighted by atomic mass is 35.5. The molecule has 1 aliphatic rings. The fraction of sp³-hybridized carbons (Fsp3) is 0.304. The second-order valence-corrected chi connectivity index (χ2v) is 8.49. The zero-order valence-electron chi connectivity index (χ0n) is 18.4. The van der Waals surface area contributed by atoms with E-state index in [-0.39, 0.29) is 10.9 Å². The normalized spacial score (nSPS) is 17.7. The molecule has 0 aliphatic carbocycles. The topological polar surface area (TPSA) is 98.8 Å². The maximum Gasteiger partial charge on any atom is 0.325 e. The Balaban J connectivity index is 1.68. The van der Waals surface area contributed by atoms with Gasteiger partial charge in [-0.3, -0.25) is 19.3 Å². The number of carbonyl (C=O) groups excluding carboxylic acids is 4. The number of nitrogens with one attached hydrogen (secondary N) is 2. The number of amides is 5. The first-order valence-electron chi connectivity index (χ1n) is 10.4. The summed E-state index contributed by atoms with van der Waals surface area (Å²) in [5.74, 6) is -1.24. The van der Waals surface area contributed by atoms with Crippen LogP contribution < -0.4 is 10.6 Å². The fourth-order valence-corrected chi connectivity index (χ4v) is 3.88. The summed E-state index contributed by atoms with van der Waals surface area (Å²) < 4.78 is 0. The minimum absolute atomic E-state index is 0.0983. The molecule has 174 valence electrons. The van der Waals surface area contributed by atoms with Crippen LogP contribution in [0, 0.1) is 0 Å². The Bertz CT molecular complexity index is 1100. The molecule has 1 heterocycles. The van der Waals surface area contributed by atoms with Crippen molar-refractivity contribution in [2.24, 2.45) is 0 Å². The van der Waals surface area contributed by atoms with Gasteiger partial charge < -0.3 is 15.5 Å². The van der Waals surface area contributed by atoms with E-state index in [0.29, 0.717) is 34.9 Å². The van der Waals surface area contributed by atoms with Gasteiger partial charge in [-0.1, -0.05) is 29.3 Å². The van der Waals surface area contributed by atoms with Gasteiger partial charge in [-0.25, -0.2) is 4.79 Å². The molecule has 8 nitrogen and oxygen atoms in total. The Kier molecular flexibility index (Phi) is 7.29. The van der Waals surface area contributed by atoms with Crippen molar-refractivity contribution >= 4 is 52.6 Å². The van der Waals surface area contributed by atoms with Crippen molar-refractivity contribution in [3.05, 3.63) is 63.6 Å². The Labute approximate surface area is 201 Å². The van der Waals surface area contributed by atoms with Crippen molar-refractivity contribution in [3.8, 4) is 0 Å². The lowest BCUT2D eigenvalue weighted by Gasteiger charge is -2.22. The first-order chi connectivity index (χ1) is 15.6. The van der Waals surface area contributed by atoms with Crippen molar-refractivity contribution in [1.82, 2.24) is 15.1 Å². The highest BCUT2D eigenvalue weighted by Gasteiger charge is 2.49. The van der Waals surface area contributed by atoms with Crippen LogP contribution >= 0.6 is 23.2 Å². The Hall–Kier alpha value is -3.10. The number of hydrogen-bond donors (Lipinski definition) is 2. The van der Waals surface area contributed by atoms with Crippen LogP contribution in [0.1, 0.15) is 36.7 Å². The van der Waals surface area contributed by atoms with Gasteiger partial charge in [0.25, 0.3) is 11.8 Å². The van der Waals surface area contributed by atoms with Gasteiger partial charge in [0.15, 0.2) is 0 Å². The van der Waals surface area contributed by atoms with Gasteiger partial charge in [-0.2, -0.15) is 0 Å². The molecule has 1 saturated heterocycles. The summed E-state index contributed by atoms with van der Waals surface area (Å²) in [6.45, 7) is 6.07. The van der Waals surface area contributed by atoms with Crippen LogP contribution in [0.4, 0.5) is 10.5 Å². The molecule has 1 fully saturated rings. The molecule has 0 aromatic heterocycles. The van der Waals surface area contributed by atoms with E-state index in [2.05, 4.69) is 10.6 Å². The van der Waals surface area contributed by atoms with E-state index in [9.17, 15) is 19.2 Å². The van der Waals surface area contributed by atoms with E-state index in [1.165, 1.54) is 19.1 Å². The largest absolute Gasteiger partial charge is 0.339 e. The molecule has 0 bridgehead atoms. The van der Waals surface area contributed by atoms with Gasteiger partial charge in [0, 0.05) is 24.3 Å². The predicted molar refractivity (Wildman–Crippen MR) is 126 cm³/mol. The minimum Gasteiger partial charge on any atom is -0.339 e. The second kappa shape index (κ2) is 9.80. The number of carbonyl (C=O) groups is 4. The lowest BCUT2D eigenvalue weighted by atomic mass is 9.92. The molecule has 10 heteroatoms. The first kappa shape index (κ1) is 24.5. The smallest absolute Gasteiger partial charge is 0.325 e. The quantitative estimate of drug-likeness (QED) is 0.575. The third kappa shape index (κ3) is 4.96. The summed E-state index contributed by atoms with van der Waals surface area (Å²) in [6.07, 6.45) is 0. The molecule has 0 spiro atoms. The number of imide groups is 1. The van der Waals surface area contributed by atoms with Gasteiger partial charge in [0.05, 0.1) is 10.0 Å². The van der Waals surface area contributed by atoms with Crippen LogP contribution in [-0.4, -0.2) is 53.2 Å². The minimum atomic E-state index is -1.38. The van der Waals surface area contributed by atoms with Crippen LogP contribution in [-0.2, 0) is 15.1 Å². The number of hydrogen-bond acceptors (Lipinski definition) is 4. The van der Waals surface area contributed by atoms with Crippen molar-refractivity contribution in [2.75, 3.05) is 25.0 Å². The summed E-state index contributed by atoms with van der Waals surface area (Å²) in [6, 6.07) is 10.4. The number of benzene rings is 2. The molecule has 33 heavy (non-hydrogen) atoms. The summed E-state index contributed by atoms with van der Waals surface area (Å²) in [5.41, 5.74) is 0.0168. The maximum absolute atomic E-state index is 13.0. The Morgan fingerprint density at radius 1 is 1.03 bits per heavy atom. The van der Waals surface area contributed by atoms with Crippen LogP contribution in [0.2, 0.25) is 10.0 Å². The molecule has 1 aliphatic heterocycles. The van der Waals surface area contributed by atoms with E-state index in [0.717, 1.165) is 4.90 Å². The van der Waals surface area contributed by atoms with Crippen molar-refractivity contribution < 1.29 is 19.2 Å². The van der Waals surface area contributed by atoms with Crippen molar-refractivity contribution in [3.63, 3.8) is 0 Å². The SMILES string of the molecule is CCN(CC)C(=O)c1ccc(NC(=O)CN2C(=O)N[C@](C)(c3ccc(Cl)c(Cl)c3)C2=O)cc1. The second-order valence-electron chi connectivity index (χ2n) is 7.68. The monoisotopic (exact) mass is 490 g/mol. The predicted octanol–water partition coefficient (Wildman–Crippen LogP) is 3.88. The lowest BCUT2D eigenvalue weighted by Crippen LogP contribution is -2.42. The van der Waals surface area contributed by atoms with Crippen LogP contribution in [0.15, 0.2) is 42.5 Å². The molecule has 0 radical (unpaired) electrons. The molecule has 0 saturated carbocycles. The van der Waals surface area contributed by atoms with Gasteiger partial charge in [0.1, 0.15) is 12.1 Å². The molecule has 1 atom stereocenters. The molecular weight excluding hydrogens is 467 g/mol. The van der Waals surface area contributed by atoms with E-state index in [4.69, 9.17) is 23.2 Å². The average Bonchev–Trinajstić information content (AvgIpc) is 3.00. The highest BCUT2D eigenvalue weighted by molar-refractivity contribution is 6.42. The number of anilines is 1. The van der Waals surface area contributed by atoms with Gasteiger partial charge >= 0.3 is 6.03 Å². The molecule has 3 rings (SSSR count). The molecule has 2 aromatic rings. The van der Waals surface area contributed by atoms with Gasteiger partial charge in [-0.15, -0.1) is 0 Å². The lowest BCUT2D eigenvalue weighted by molar-refractivity contribution is -0.133.